The molecule has 0 spiro atoms. The van der Waals surface area contributed by atoms with Crippen molar-refractivity contribution in [1.29, 1.82) is 0 Å². The Kier molecular flexibility index (Phi) is 7.41. The average Bonchev–Trinajstić information content (AvgIpc) is 2.33. The van der Waals surface area contributed by atoms with Crippen LogP contribution < -0.4 is 4.57 Å². The third kappa shape index (κ3) is 3.38. The molecule has 1 heterocycles. The van der Waals surface area contributed by atoms with Gasteiger partial charge in [-0.15, -0.1) is 0 Å². The molecule has 1 rings (SSSR count). The van der Waals surface area contributed by atoms with Gasteiger partial charge in [0.25, 0.3) is 10.3 Å². The minimum absolute atomic E-state index is 0.471. The van der Waals surface area contributed by atoms with E-state index in [1.54, 1.807) is 16.2 Å². The van der Waals surface area contributed by atoms with Gasteiger partial charge < -0.3 is 0 Å². The number of hydrogen-bond acceptors (Lipinski definition) is 1. The van der Waals surface area contributed by atoms with E-state index in [4.69, 9.17) is 38.6 Å². The van der Waals surface area contributed by atoms with Gasteiger partial charge in [-0.05, 0) is 30.1 Å². The number of halogens is 4. The normalized spacial score (nSPS) is 9.00. The Morgan fingerprint density at radius 3 is 2.00 bits per heavy atom. The van der Waals surface area contributed by atoms with Crippen LogP contribution in [0.25, 0.3) is 0 Å². The van der Waals surface area contributed by atoms with Crippen LogP contribution in [0.4, 0.5) is 0 Å². The van der Waals surface area contributed by atoms with E-state index < -0.39 is 14.2 Å². The van der Waals surface area contributed by atoms with Crippen LogP contribution in [0, 0.1) is 0 Å². The van der Waals surface area contributed by atoms with Crippen LogP contribution in [0.15, 0.2) is 0 Å². The standard InChI is InChI=1S/C6H8Cl3N2.Al.ClH.O/c1-3-11-5(8)4(7)10(2)6(11)9;;;/h3H2,1-2H3;;1H;/q2*+1;;/p-1. The Hall–Kier alpha value is 0.702. The second-order valence-electron chi connectivity index (χ2n) is 2.24. The van der Waals surface area contributed by atoms with E-state index in [9.17, 15) is 0 Å². The second-order valence-corrected chi connectivity index (χ2v) is 4.01. The molecule has 0 bridgehead atoms. The zero-order chi connectivity index (χ0) is 11.3. The maximum atomic E-state index is 8.78. The number of aromatic nitrogens is 2. The fraction of sp³-hybridized carbons (Fsp3) is 0.500. The number of rotatable bonds is 1. The summed E-state index contributed by atoms with van der Waals surface area (Å²) >= 11 is 16.5. The Morgan fingerprint density at radius 1 is 1.43 bits per heavy atom. The molecule has 0 saturated carbocycles. The molecule has 0 aliphatic heterocycles. The third-order valence-electron chi connectivity index (χ3n) is 1.52. The van der Waals surface area contributed by atoms with Crippen LogP contribution in [0.2, 0.25) is 15.6 Å². The van der Waals surface area contributed by atoms with Gasteiger partial charge in [0.05, 0.1) is 13.6 Å². The summed E-state index contributed by atoms with van der Waals surface area (Å²) in [6.07, 6.45) is 0. The molecule has 1 aromatic heterocycles. The van der Waals surface area contributed by atoms with Crippen molar-refractivity contribution in [1.82, 2.24) is 4.57 Å². The topological polar surface area (TPSA) is 25.9 Å². The predicted octanol–water partition coefficient (Wildman–Crippen LogP) is 2.48. The number of nitrogens with zero attached hydrogens (tertiary/aromatic N) is 2. The van der Waals surface area contributed by atoms with Gasteiger partial charge in [-0.2, -0.15) is 0 Å². The van der Waals surface area contributed by atoms with E-state index in [-0.39, 0.29) is 0 Å². The first-order valence-corrected chi connectivity index (χ1v) is 6.99. The van der Waals surface area contributed by atoms with Crippen molar-refractivity contribution >= 4 is 59.1 Å². The van der Waals surface area contributed by atoms with Crippen molar-refractivity contribution < 1.29 is 8.37 Å². The number of hydrogen-bond donors (Lipinski definition) is 0. The van der Waals surface area contributed by atoms with Crippen molar-refractivity contribution in [3.05, 3.63) is 15.6 Å². The summed E-state index contributed by atoms with van der Waals surface area (Å²) in [6, 6.07) is 0. The van der Waals surface area contributed by atoms with Gasteiger partial charge in [-0.3, -0.25) is 0 Å². The molecule has 0 N–H and O–H groups in total. The second kappa shape index (κ2) is 7.06. The van der Waals surface area contributed by atoms with E-state index in [0.29, 0.717) is 15.6 Å². The quantitative estimate of drug-likeness (QED) is 0.577. The zero-order valence-corrected chi connectivity index (χ0v) is 11.8. The average molecular weight is 293 g/mol. The SMILES string of the molecule is CCn1c(Cl)c(Cl)[n+](C)c1Cl.[O]=[Al][Cl]. The van der Waals surface area contributed by atoms with Gasteiger partial charge in [0.2, 0.25) is 0 Å². The van der Waals surface area contributed by atoms with Gasteiger partial charge in [-0.25, -0.2) is 9.13 Å². The summed E-state index contributed by atoms with van der Waals surface area (Å²) in [7, 11) is 6.29. The molecule has 0 fully saturated rings. The molecule has 14 heavy (non-hydrogen) atoms. The molecule has 0 atom stereocenters. The molecule has 78 valence electrons. The van der Waals surface area contributed by atoms with Crippen LogP contribution >= 0.6 is 44.9 Å². The third-order valence-corrected chi connectivity index (χ3v) is 2.89. The molecule has 8 heteroatoms. The molecule has 0 aliphatic carbocycles. The van der Waals surface area contributed by atoms with Crippen LogP contribution in [-0.4, -0.2) is 18.8 Å². The van der Waals surface area contributed by atoms with Crippen LogP contribution in [0.3, 0.4) is 0 Å². The van der Waals surface area contributed by atoms with Gasteiger partial charge in [0, 0.05) is 11.6 Å². The molecule has 0 radical (unpaired) electrons. The van der Waals surface area contributed by atoms with Gasteiger partial charge in [0.15, 0.2) is 0 Å². The van der Waals surface area contributed by atoms with Gasteiger partial charge in [-0.1, -0.05) is 0 Å². The molecular weight excluding hydrogens is 285 g/mol. The Labute approximate surface area is 108 Å². The summed E-state index contributed by atoms with van der Waals surface area (Å²) in [4.78, 5) is 0. The van der Waals surface area contributed by atoms with Crippen LogP contribution in [-0.2, 0) is 17.4 Å². The Balaban J connectivity index is 0.000000500. The summed E-state index contributed by atoms with van der Waals surface area (Å²) in [6.45, 7) is 2.67. The van der Waals surface area contributed by atoms with Crippen LogP contribution in [0.1, 0.15) is 6.92 Å². The first-order valence-electron chi connectivity index (χ1n) is 3.64. The molecule has 0 saturated heterocycles. The van der Waals surface area contributed by atoms with E-state index in [1.807, 2.05) is 6.92 Å². The minimum atomic E-state index is -1.03. The predicted molar refractivity (Wildman–Crippen MR) is 58.6 cm³/mol. The van der Waals surface area contributed by atoms with Gasteiger partial charge in [0.1, 0.15) is 0 Å². The molecule has 0 aromatic carbocycles. The molecule has 0 amide bonds. The van der Waals surface area contributed by atoms with E-state index in [0.717, 1.165) is 6.54 Å². The van der Waals surface area contributed by atoms with Crippen molar-refractivity contribution in [2.75, 3.05) is 0 Å². The van der Waals surface area contributed by atoms with E-state index in [1.165, 1.54) is 0 Å². The van der Waals surface area contributed by atoms with Crippen molar-refractivity contribution in [2.24, 2.45) is 7.05 Å². The first-order chi connectivity index (χ1) is 6.51. The fourth-order valence-electron chi connectivity index (χ4n) is 0.862. The molecule has 3 nitrogen and oxygen atoms in total. The van der Waals surface area contributed by atoms with E-state index in [2.05, 4.69) is 10.0 Å². The zero-order valence-electron chi connectivity index (χ0n) is 7.60. The van der Waals surface area contributed by atoms with Crippen LogP contribution in [0.5, 0.6) is 0 Å². The summed E-state index contributed by atoms with van der Waals surface area (Å²) in [5, 5.41) is 1.50. The summed E-state index contributed by atoms with van der Waals surface area (Å²) in [5.41, 5.74) is 0. The summed E-state index contributed by atoms with van der Waals surface area (Å²) < 4.78 is 12.1. The monoisotopic (exact) mass is 291 g/mol. The fourth-order valence-corrected chi connectivity index (χ4v) is 1.75. The van der Waals surface area contributed by atoms with Gasteiger partial charge >= 0.3 is 33.4 Å². The Morgan fingerprint density at radius 2 is 1.86 bits per heavy atom. The molecule has 0 aliphatic rings. The van der Waals surface area contributed by atoms with Crippen molar-refractivity contribution in [3.63, 3.8) is 0 Å². The van der Waals surface area contributed by atoms with E-state index >= 15 is 0 Å². The summed E-state index contributed by atoms with van der Waals surface area (Å²) in [5.74, 6) is 0. The molecule has 1 aromatic rings. The molecule has 0 unspecified atom stereocenters. The molecular formula is C6H8AlCl4N2O+. The Bertz CT molecular complexity index is 303. The van der Waals surface area contributed by atoms with Crippen molar-refractivity contribution in [3.8, 4) is 0 Å². The number of imidazole rings is 1. The van der Waals surface area contributed by atoms with Crippen molar-refractivity contribution in [2.45, 2.75) is 13.5 Å². The maximum absolute atomic E-state index is 8.78. The first kappa shape index (κ1) is 14.7.